The van der Waals surface area contributed by atoms with Crippen LogP contribution in [0.2, 0.25) is 0 Å². The van der Waals surface area contributed by atoms with Crippen LogP contribution < -0.4 is 5.32 Å². The first kappa shape index (κ1) is 18.6. The van der Waals surface area contributed by atoms with Crippen LogP contribution in [-0.2, 0) is 4.74 Å². The maximum absolute atomic E-state index is 12.2. The van der Waals surface area contributed by atoms with Crippen LogP contribution in [0.4, 0.5) is 10.5 Å². The van der Waals surface area contributed by atoms with E-state index in [1.165, 1.54) is 0 Å². The molecule has 1 aliphatic rings. The number of anilines is 1. The van der Waals surface area contributed by atoms with E-state index >= 15 is 0 Å². The second-order valence-corrected chi connectivity index (χ2v) is 8.62. The molecule has 1 unspecified atom stereocenters. The van der Waals surface area contributed by atoms with Crippen LogP contribution >= 0.6 is 31.9 Å². The Morgan fingerprint density at radius 1 is 1.35 bits per heavy atom. The summed E-state index contributed by atoms with van der Waals surface area (Å²) in [4.78, 5) is 14.0. The van der Waals surface area contributed by atoms with Crippen LogP contribution in [0, 0.1) is 5.92 Å². The lowest BCUT2D eigenvalue weighted by atomic mass is 9.98. The van der Waals surface area contributed by atoms with E-state index in [9.17, 15) is 4.79 Å². The highest BCUT2D eigenvalue weighted by Gasteiger charge is 2.27. The van der Waals surface area contributed by atoms with Crippen molar-refractivity contribution in [3.63, 3.8) is 0 Å². The minimum absolute atomic E-state index is 0.204. The molecule has 0 radical (unpaired) electrons. The number of benzene rings is 1. The molecule has 1 saturated heterocycles. The third kappa shape index (κ3) is 5.68. The van der Waals surface area contributed by atoms with Crippen molar-refractivity contribution in [3.05, 3.63) is 27.1 Å². The van der Waals surface area contributed by atoms with Crippen LogP contribution in [0.1, 0.15) is 33.6 Å². The Hall–Kier alpha value is -0.750. The monoisotopic (exact) mass is 446 g/mol. The number of piperidine rings is 1. The molecule has 1 aliphatic heterocycles. The summed E-state index contributed by atoms with van der Waals surface area (Å²) in [7, 11) is 0. The summed E-state index contributed by atoms with van der Waals surface area (Å²) < 4.78 is 7.55. The fraction of sp³-hybridized carbons (Fsp3) is 0.588. The molecule has 1 heterocycles. The standard InChI is InChI=1S/C17H24Br2N2O2/c1-17(2,3)23-16(22)21-9-5-6-12(11-21)10-20-15-13(18)7-4-8-14(15)19/h4,7-8,12,20H,5-6,9-11H2,1-3H3. The molecule has 1 aromatic carbocycles. The fourth-order valence-electron chi connectivity index (χ4n) is 2.64. The third-order valence-corrected chi connectivity index (χ3v) is 5.02. The SMILES string of the molecule is CC(C)(C)OC(=O)N1CCCC(CNc2c(Br)cccc2Br)C1. The van der Waals surface area contributed by atoms with Gasteiger partial charge in [-0.15, -0.1) is 0 Å². The summed E-state index contributed by atoms with van der Waals surface area (Å²) in [5, 5.41) is 3.49. The fourth-order valence-corrected chi connectivity index (χ4v) is 3.92. The molecular formula is C17H24Br2N2O2. The zero-order chi connectivity index (χ0) is 17.0. The van der Waals surface area contributed by atoms with Gasteiger partial charge in [-0.3, -0.25) is 0 Å². The highest BCUT2D eigenvalue weighted by Crippen LogP contribution is 2.31. The second-order valence-electron chi connectivity index (χ2n) is 6.91. The Morgan fingerprint density at radius 2 is 2.00 bits per heavy atom. The number of carbonyl (C=O) groups is 1. The van der Waals surface area contributed by atoms with Gasteiger partial charge in [0, 0.05) is 28.6 Å². The van der Waals surface area contributed by atoms with Crippen molar-refractivity contribution in [1.29, 1.82) is 0 Å². The van der Waals surface area contributed by atoms with Crippen molar-refractivity contribution in [2.24, 2.45) is 5.92 Å². The molecule has 2 rings (SSSR count). The number of ether oxygens (including phenoxy) is 1. The molecular weight excluding hydrogens is 424 g/mol. The van der Waals surface area contributed by atoms with Crippen LogP contribution in [-0.4, -0.2) is 36.2 Å². The smallest absolute Gasteiger partial charge is 0.410 e. The lowest BCUT2D eigenvalue weighted by Gasteiger charge is -2.34. The minimum atomic E-state index is -0.442. The van der Waals surface area contributed by atoms with E-state index in [-0.39, 0.29) is 6.09 Å². The van der Waals surface area contributed by atoms with E-state index in [1.807, 2.05) is 43.9 Å². The lowest BCUT2D eigenvalue weighted by molar-refractivity contribution is 0.0172. The Kier molecular flexibility index (Phi) is 6.37. The molecule has 0 aliphatic carbocycles. The Labute approximate surface area is 155 Å². The Morgan fingerprint density at radius 3 is 2.61 bits per heavy atom. The molecule has 6 heteroatoms. The van der Waals surface area contributed by atoms with Gasteiger partial charge in [0.2, 0.25) is 0 Å². The van der Waals surface area contributed by atoms with Gasteiger partial charge in [-0.2, -0.15) is 0 Å². The number of nitrogens with one attached hydrogen (secondary N) is 1. The van der Waals surface area contributed by atoms with Crippen molar-refractivity contribution in [2.45, 2.75) is 39.2 Å². The number of hydrogen-bond acceptors (Lipinski definition) is 3. The summed E-state index contributed by atoms with van der Waals surface area (Å²) in [5.41, 5.74) is 0.615. The average molecular weight is 448 g/mol. The van der Waals surface area contributed by atoms with Gasteiger partial charge in [0.1, 0.15) is 5.60 Å². The number of rotatable bonds is 3. The topological polar surface area (TPSA) is 41.6 Å². The van der Waals surface area contributed by atoms with Crippen LogP contribution in [0.5, 0.6) is 0 Å². The van der Waals surface area contributed by atoms with E-state index in [0.29, 0.717) is 5.92 Å². The molecule has 23 heavy (non-hydrogen) atoms. The van der Waals surface area contributed by atoms with Crippen LogP contribution in [0.3, 0.4) is 0 Å². The van der Waals surface area contributed by atoms with Crippen LogP contribution in [0.15, 0.2) is 27.1 Å². The number of amides is 1. The zero-order valence-corrected chi connectivity index (χ0v) is 17.0. The number of nitrogens with zero attached hydrogens (tertiary/aromatic N) is 1. The van der Waals surface area contributed by atoms with Crippen molar-refractivity contribution >= 4 is 43.6 Å². The summed E-state index contributed by atoms with van der Waals surface area (Å²) in [6.45, 7) is 8.06. The number of hydrogen-bond donors (Lipinski definition) is 1. The minimum Gasteiger partial charge on any atom is -0.444 e. The van der Waals surface area contributed by atoms with Gasteiger partial charge in [0.05, 0.1) is 5.69 Å². The molecule has 0 bridgehead atoms. The molecule has 4 nitrogen and oxygen atoms in total. The van der Waals surface area contributed by atoms with E-state index in [1.54, 1.807) is 0 Å². The highest BCUT2D eigenvalue weighted by atomic mass is 79.9. The van der Waals surface area contributed by atoms with Crippen molar-refractivity contribution < 1.29 is 9.53 Å². The van der Waals surface area contributed by atoms with E-state index in [4.69, 9.17) is 4.74 Å². The van der Waals surface area contributed by atoms with Gasteiger partial charge < -0.3 is 15.0 Å². The van der Waals surface area contributed by atoms with Crippen molar-refractivity contribution in [2.75, 3.05) is 25.0 Å². The zero-order valence-electron chi connectivity index (χ0n) is 13.9. The summed E-state index contributed by atoms with van der Waals surface area (Å²) >= 11 is 7.13. The first-order valence-corrected chi connectivity index (χ1v) is 9.50. The third-order valence-electron chi connectivity index (χ3n) is 3.70. The first-order chi connectivity index (χ1) is 10.8. The van der Waals surface area contributed by atoms with E-state index in [0.717, 1.165) is 47.1 Å². The quantitative estimate of drug-likeness (QED) is 0.685. The summed E-state index contributed by atoms with van der Waals surface area (Å²) in [6.07, 6.45) is 1.93. The molecule has 0 aromatic heterocycles. The summed E-state index contributed by atoms with van der Waals surface area (Å²) in [6, 6.07) is 6.02. The van der Waals surface area contributed by atoms with E-state index in [2.05, 4.69) is 37.2 Å². The average Bonchev–Trinajstić information content (AvgIpc) is 2.45. The van der Waals surface area contributed by atoms with Gasteiger partial charge in [-0.25, -0.2) is 4.79 Å². The number of likely N-dealkylation sites (tertiary alicyclic amines) is 1. The summed E-state index contributed by atoms with van der Waals surface area (Å²) in [5.74, 6) is 0.426. The van der Waals surface area contributed by atoms with Crippen molar-refractivity contribution in [1.82, 2.24) is 4.90 Å². The number of para-hydroxylation sites is 1. The molecule has 0 spiro atoms. The largest absolute Gasteiger partial charge is 0.444 e. The van der Waals surface area contributed by atoms with Crippen molar-refractivity contribution in [3.8, 4) is 0 Å². The van der Waals surface area contributed by atoms with Gasteiger partial charge in [0.15, 0.2) is 0 Å². The van der Waals surface area contributed by atoms with Gasteiger partial charge in [0.25, 0.3) is 0 Å². The molecule has 1 amide bonds. The van der Waals surface area contributed by atoms with Gasteiger partial charge in [-0.1, -0.05) is 6.07 Å². The van der Waals surface area contributed by atoms with Crippen LogP contribution in [0.25, 0.3) is 0 Å². The number of halogens is 2. The molecule has 1 N–H and O–H groups in total. The van der Waals surface area contributed by atoms with Gasteiger partial charge >= 0.3 is 6.09 Å². The predicted octanol–water partition coefficient (Wildman–Crippen LogP) is 5.27. The number of carbonyl (C=O) groups excluding carboxylic acids is 1. The highest BCUT2D eigenvalue weighted by molar-refractivity contribution is 9.11. The van der Waals surface area contributed by atoms with Gasteiger partial charge in [-0.05, 0) is 83.5 Å². The Balaban J connectivity index is 1.90. The normalized spacial score (nSPS) is 18.7. The maximum Gasteiger partial charge on any atom is 0.410 e. The molecule has 1 fully saturated rings. The molecule has 0 saturated carbocycles. The second kappa shape index (κ2) is 7.88. The first-order valence-electron chi connectivity index (χ1n) is 7.92. The maximum atomic E-state index is 12.2. The lowest BCUT2D eigenvalue weighted by Crippen LogP contribution is -2.44. The molecule has 128 valence electrons. The Bertz CT molecular complexity index is 538. The molecule has 1 aromatic rings. The molecule has 1 atom stereocenters. The predicted molar refractivity (Wildman–Crippen MR) is 101 cm³/mol. The van der Waals surface area contributed by atoms with E-state index < -0.39 is 5.60 Å².